The van der Waals surface area contributed by atoms with E-state index in [-0.39, 0.29) is 16.6 Å². The summed E-state index contributed by atoms with van der Waals surface area (Å²) in [6.07, 6.45) is 1.90. The standard InChI is InChI=1S/C21H21N3O4S/c1-14-19(17-9-3-4-10-18(17)29(2,27)28)20-23(11-6-12-24(20)22-14)21(26)15-7-5-8-16(25)13-15/h3-5,7-10,13H,6,11-12H2,1-2H3,(H-,25,27,28). The molecule has 1 aliphatic heterocycles. The molecule has 0 spiro atoms. The lowest BCUT2D eigenvalue weighted by Gasteiger charge is -2.29. The predicted molar refractivity (Wildman–Crippen MR) is 110 cm³/mol. The third kappa shape index (κ3) is 3.45. The van der Waals surface area contributed by atoms with Gasteiger partial charge in [0.2, 0.25) is 0 Å². The van der Waals surface area contributed by atoms with Gasteiger partial charge >= 0.3 is 0 Å². The van der Waals surface area contributed by atoms with Gasteiger partial charge in [-0.15, -0.1) is 4.21 Å². The highest BCUT2D eigenvalue weighted by atomic mass is 32.3. The minimum atomic E-state index is -3.47. The molecule has 0 bridgehead atoms. The summed E-state index contributed by atoms with van der Waals surface area (Å²) in [6.45, 7) is 2.94. The molecule has 1 atom stereocenters. The highest BCUT2D eigenvalue weighted by Crippen LogP contribution is 2.40. The van der Waals surface area contributed by atoms with Gasteiger partial charge in [0.1, 0.15) is 17.8 Å². The molecule has 0 aliphatic carbocycles. The highest BCUT2D eigenvalue weighted by molar-refractivity contribution is 7.97. The zero-order valence-corrected chi connectivity index (χ0v) is 17.0. The van der Waals surface area contributed by atoms with Gasteiger partial charge in [0.05, 0.1) is 21.5 Å². The number of carbonyl (C=O) groups excluding carboxylic acids is 1. The summed E-state index contributed by atoms with van der Waals surface area (Å²) in [5, 5.41) is 14.3. The van der Waals surface area contributed by atoms with Crippen LogP contribution < -0.4 is 4.90 Å². The molecular weight excluding hydrogens is 390 g/mol. The van der Waals surface area contributed by atoms with E-state index in [1.165, 1.54) is 18.4 Å². The molecule has 3 aromatic rings. The summed E-state index contributed by atoms with van der Waals surface area (Å²) >= 11 is 0. The Morgan fingerprint density at radius 2 is 1.93 bits per heavy atom. The Hall–Kier alpha value is -2.97. The van der Waals surface area contributed by atoms with Crippen LogP contribution in [0.25, 0.3) is 11.1 Å². The number of aromatic hydroxyl groups is 1. The minimum absolute atomic E-state index is 0.0141. The van der Waals surface area contributed by atoms with Crippen molar-refractivity contribution in [3.63, 3.8) is 0 Å². The lowest BCUT2D eigenvalue weighted by atomic mass is 10.0. The molecule has 29 heavy (non-hydrogen) atoms. The van der Waals surface area contributed by atoms with Crippen LogP contribution >= 0.6 is 0 Å². The molecule has 1 amide bonds. The van der Waals surface area contributed by atoms with Crippen LogP contribution in [-0.2, 0) is 21.0 Å². The number of hydrogen-bond acceptors (Lipinski definition) is 5. The van der Waals surface area contributed by atoms with Gasteiger partial charge in [0.25, 0.3) is 5.91 Å². The number of phenols is 1. The van der Waals surface area contributed by atoms with E-state index in [2.05, 4.69) is 5.10 Å². The maximum Gasteiger partial charge on any atom is 0.259 e. The first-order valence-corrected chi connectivity index (χ1v) is 11.1. The van der Waals surface area contributed by atoms with Crippen molar-refractivity contribution in [2.45, 2.75) is 24.8 Å². The van der Waals surface area contributed by atoms with Crippen LogP contribution in [0.15, 0.2) is 53.4 Å². The summed E-state index contributed by atoms with van der Waals surface area (Å²) < 4.78 is 26.5. The molecule has 0 radical (unpaired) electrons. The largest absolute Gasteiger partial charge is 0.610 e. The number of aryl methyl sites for hydroxylation is 2. The number of aromatic nitrogens is 2. The fourth-order valence-corrected chi connectivity index (χ4v) is 4.68. The van der Waals surface area contributed by atoms with E-state index in [1.54, 1.807) is 46.0 Å². The van der Waals surface area contributed by atoms with Gasteiger partial charge in [-0.05, 0) is 43.7 Å². The number of anilines is 1. The number of hydrogen-bond donors (Lipinski definition) is 1. The van der Waals surface area contributed by atoms with E-state index < -0.39 is 10.2 Å². The minimum Gasteiger partial charge on any atom is -0.610 e. The summed E-state index contributed by atoms with van der Waals surface area (Å²) in [7, 11) is -3.47. The number of phenolic OH excluding ortho intramolecular Hbond substituents is 1. The Morgan fingerprint density at radius 1 is 1.17 bits per heavy atom. The molecule has 8 heteroatoms. The quantitative estimate of drug-likeness (QED) is 0.667. The maximum atomic E-state index is 13.2. The number of nitrogens with zero attached hydrogens (tertiary/aromatic N) is 3. The second kappa shape index (κ2) is 7.13. The third-order valence-electron chi connectivity index (χ3n) is 5.00. The molecule has 2 aromatic carbocycles. The molecule has 7 nitrogen and oxygen atoms in total. The SMILES string of the molecule is Cc1nn2c(c1-c1ccccc1[S+](C)(=O)[O-])N(C(=O)c1cccc(O)c1)CCC2. The van der Waals surface area contributed by atoms with E-state index in [1.807, 2.05) is 6.92 Å². The van der Waals surface area contributed by atoms with Crippen molar-refractivity contribution in [1.82, 2.24) is 9.78 Å². The smallest absolute Gasteiger partial charge is 0.259 e. The van der Waals surface area contributed by atoms with Gasteiger partial charge in [-0.1, -0.05) is 18.2 Å². The molecule has 0 fully saturated rings. The monoisotopic (exact) mass is 411 g/mol. The third-order valence-corrected chi connectivity index (χ3v) is 6.16. The van der Waals surface area contributed by atoms with E-state index in [0.717, 1.165) is 6.42 Å². The van der Waals surface area contributed by atoms with Crippen molar-refractivity contribution in [3.8, 4) is 16.9 Å². The van der Waals surface area contributed by atoms with Crippen LogP contribution in [0.5, 0.6) is 5.75 Å². The molecule has 4 rings (SSSR count). The lowest BCUT2D eigenvalue weighted by Crippen LogP contribution is -2.38. The van der Waals surface area contributed by atoms with Gasteiger partial charge in [0.15, 0.2) is 4.90 Å². The second-order valence-corrected chi connectivity index (χ2v) is 9.12. The molecule has 1 aromatic heterocycles. The summed E-state index contributed by atoms with van der Waals surface area (Å²) in [5.74, 6) is 0.332. The normalized spacial score (nSPS) is 15.6. The number of amides is 1. The second-order valence-electron chi connectivity index (χ2n) is 7.14. The molecule has 1 unspecified atom stereocenters. The first kappa shape index (κ1) is 19.4. The van der Waals surface area contributed by atoms with Crippen molar-refractivity contribution >= 4 is 21.9 Å². The first-order chi connectivity index (χ1) is 13.8. The molecule has 150 valence electrons. The topological polar surface area (TPSA) is 98.5 Å². The zero-order valence-electron chi connectivity index (χ0n) is 16.2. The van der Waals surface area contributed by atoms with Crippen molar-refractivity contribution in [2.24, 2.45) is 0 Å². The van der Waals surface area contributed by atoms with Gasteiger partial charge in [0, 0.05) is 24.2 Å². The number of sulfone groups is 1. The van der Waals surface area contributed by atoms with Crippen LogP contribution in [0.2, 0.25) is 0 Å². The Morgan fingerprint density at radius 3 is 2.66 bits per heavy atom. The molecule has 1 N–H and O–H groups in total. The van der Waals surface area contributed by atoms with Gasteiger partial charge < -0.3 is 9.66 Å². The van der Waals surface area contributed by atoms with E-state index >= 15 is 0 Å². The number of carbonyl (C=O) groups is 1. The van der Waals surface area contributed by atoms with Crippen LogP contribution in [0.1, 0.15) is 22.5 Å². The lowest BCUT2D eigenvalue weighted by molar-refractivity contribution is 0.0981. The van der Waals surface area contributed by atoms with Gasteiger partial charge in [-0.3, -0.25) is 9.69 Å². The molecule has 0 saturated heterocycles. The average molecular weight is 411 g/mol. The number of rotatable bonds is 3. The maximum absolute atomic E-state index is 13.2. The molecule has 1 aliphatic rings. The summed E-state index contributed by atoms with van der Waals surface area (Å²) in [6, 6.07) is 13.0. The van der Waals surface area contributed by atoms with E-state index in [0.29, 0.717) is 41.3 Å². The van der Waals surface area contributed by atoms with E-state index in [9.17, 15) is 18.7 Å². The van der Waals surface area contributed by atoms with Crippen molar-refractivity contribution < 1.29 is 18.7 Å². The Kier molecular flexibility index (Phi) is 4.76. The average Bonchev–Trinajstić information content (AvgIpc) is 3.02. The van der Waals surface area contributed by atoms with Crippen molar-refractivity contribution in [1.29, 1.82) is 0 Å². The number of benzene rings is 2. The number of fused-ring (bicyclic) bond motifs is 1. The van der Waals surface area contributed by atoms with Crippen LogP contribution in [0.4, 0.5) is 5.82 Å². The first-order valence-electron chi connectivity index (χ1n) is 9.25. The zero-order chi connectivity index (χ0) is 20.8. The van der Waals surface area contributed by atoms with Crippen molar-refractivity contribution in [3.05, 3.63) is 59.8 Å². The highest BCUT2D eigenvalue weighted by Gasteiger charge is 2.32. The molecular formula is C21H21N3O4S. The Bertz CT molecular complexity index is 1150. The molecule has 2 heterocycles. The predicted octanol–water partition coefficient (Wildman–Crippen LogP) is 3.23. The Labute approximate surface area is 169 Å². The molecule has 0 saturated carbocycles. The fourth-order valence-electron chi connectivity index (χ4n) is 3.79. The Balaban J connectivity index is 1.90. The summed E-state index contributed by atoms with van der Waals surface area (Å²) in [5.41, 5.74) is 2.19. The summed E-state index contributed by atoms with van der Waals surface area (Å²) in [4.78, 5) is 15.1. The fraction of sp³-hybridized carbons (Fsp3) is 0.238. The van der Waals surface area contributed by atoms with Crippen LogP contribution in [-0.4, -0.2) is 38.1 Å². The van der Waals surface area contributed by atoms with Gasteiger partial charge in [-0.25, -0.2) is 4.68 Å². The van der Waals surface area contributed by atoms with Crippen molar-refractivity contribution in [2.75, 3.05) is 17.7 Å². The van der Waals surface area contributed by atoms with Gasteiger partial charge in [-0.2, -0.15) is 5.10 Å². The van der Waals surface area contributed by atoms with Crippen LogP contribution in [0, 0.1) is 6.92 Å². The van der Waals surface area contributed by atoms with E-state index in [4.69, 9.17) is 0 Å². The van der Waals surface area contributed by atoms with Crippen LogP contribution in [0.3, 0.4) is 0 Å².